The zero-order valence-corrected chi connectivity index (χ0v) is 10.8. The lowest BCUT2D eigenvalue weighted by Crippen LogP contribution is -1.94. The fourth-order valence-electron chi connectivity index (χ4n) is 1.72. The highest BCUT2D eigenvalue weighted by atomic mass is 32.1. The van der Waals surface area contributed by atoms with Gasteiger partial charge < -0.3 is 9.71 Å². The molecule has 2 rings (SSSR count). The maximum atomic E-state index is 4.50. The largest absolute Gasteiger partial charge is 0.348 e. The van der Waals surface area contributed by atoms with E-state index in [1.165, 1.54) is 5.56 Å². The van der Waals surface area contributed by atoms with Gasteiger partial charge >= 0.3 is 0 Å². The van der Waals surface area contributed by atoms with E-state index in [4.69, 9.17) is 0 Å². The molecule has 0 bridgehead atoms. The van der Waals surface area contributed by atoms with E-state index in [0.29, 0.717) is 0 Å². The number of thiol groups is 1. The van der Waals surface area contributed by atoms with Crippen LogP contribution in [0.5, 0.6) is 0 Å². The van der Waals surface area contributed by atoms with Gasteiger partial charge in [0.05, 0.1) is 5.69 Å². The van der Waals surface area contributed by atoms with Crippen molar-refractivity contribution < 1.29 is 0 Å². The molecule has 0 saturated carbocycles. The fourth-order valence-corrected chi connectivity index (χ4v) is 1.87. The van der Waals surface area contributed by atoms with E-state index in [2.05, 4.69) is 46.6 Å². The topological polar surface area (TPSA) is 40.7 Å². The molecule has 0 aliphatic carbocycles. The second kappa shape index (κ2) is 5.77. The summed E-state index contributed by atoms with van der Waals surface area (Å²) in [7, 11) is 0. The van der Waals surface area contributed by atoms with Crippen molar-refractivity contribution >= 4 is 18.5 Å². The highest BCUT2D eigenvalue weighted by molar-refractivity contribution is 7.81. The van der Waals surface area contributed by atoms with Gasteiger partial charge in [0, 0.05) is 18.3 Å². The molecule has 1 aromatic heterocycles. The summed E-state index contributed by atoms with van der Waals surface area (Å²) in [5.74, 6) is 1.07. The molecule has 0 saturated heterocycles. The Morgan fingerprint density at radius 2 is 2.00 bits per heavy atom. The Hall–Kier alpha value is -1.42. The number of H-pyrrole nitrogens is 1. The third-order valence-electron chi connectivity index (χ3n) is 2.78. The zero-order chi connectivity index (χ0) is 12.1. The van der Waals surface area contributed by atoms with Crippen LogP contribution in [0.1, 0.15) is 24.0 Å². The molecule has 0 atom stereocenters. The van der Waals surface area contributed by atoms with Crippen LogP contribution in [0, 0.1) is 0 Å². The fraction of sp³-hybridized carbons (Fsp3) is 0.308. The standard InChI is InChI=1S/C13H17N3S/c1-2-11-9-14-13(15-11)8-5-10-3-6-12(16-17)7-4-10/h3-4,6-7,9,16-17H,2,5,8H2,1H3,(H,14,15). The van der Waals surface area contributed by atoms with Crippen molar-refractivity contribution in [3.05, 3.63) is 47.5 Å². The minimum absolute atomic E-state index is 0.952. The molecular weight excluding hydrogens is 230 g/mol. The maximum Gasteiger partial charge on any atom is 0.106 e. The third kappa shape index (κ3) is 3.27. The third-order valence-corrected chi connectivity index (χ3v) is 3.04. The Morgan fingerprint density at radius 3 is 2.59 bits per heavy atom. The molecule has 17 heavy (non-hydrogen) atoms. The number of nitrogens with zero attached hydrogens (tertiary/aromatic N) is 1. The van der Waals surface area contributed by atoms with E-state index in [0.717, 1.165) is 36.5 Å². The van der Waals surface area contributed by atoms with Crippen molar-refractivity contribution in [3.8, 4) is 0 Å². The Balaban J connectivity index is 1.92. The molecule has 0 fully saturated rings. The van der Waals surface area contributed by atoms with Gasteiger partial charge in [-0.05, 0) is 30.5 Å². The number of imidazole rings is 1. The molecule has 4 heteroatoms. The summed E-state index contributed by atoms with van der Waals surface area (Å²) in [5, 5.41) is 0. The van der Waals surface area contributed by atoms with Gasteiger partial charge in [0.2, 0.25) is 0 Å². The highest BCUT2D eigenvalue weighted by Crippen LogP contribution is 2.12. The first-order valence-corrected chi connectivity index (χ1v) is 6.28. The molecule has 0 aliphatic heterocycles. The monoisotopic (exact) mass is 247 g/mol. The maximum absolute atomic E-state index is 4.50. The number of benzene rings is 1. The van der Waals surface area contributed by atoms with Gasteiger partial charge in [-0.25, -0.2) is 4.98 Å². The average Bonchev–Trinajstić information content (AvgIpc) is 2.85. The van der Waals surface area contributed by atoms with Gasteiger partial charge in [-0.3, -0.25) is 0 Å². The molecule has 2 aromatic rings. The minimum atomic E-state index is 0.952. The first-order chi connectivity index (χ1) is 8.31. The Kier molecular flexibility index (Phi) is 4.09. The number of hydrogen-bond acceptors (Lipinski definition) is 3. The van der Waals surface area contributed by atoms with Crippen molar-refractivity contribution in [1.29, 1.82) is 0 Å². The quantitative estimate of drug-likeness (QED) is 0.711. The Labute approximate surface area is 107 Å². The van der Waals surface area contributed by atoms with Crippen LogP contribution >= 0.6 is 12.8 Å². The van der Waals surface area contributed by atoms with Crippen LogP contribution in [0.3, 0.4) is 0 Å². The summed E-state index contributed by atoms with van der Waals surface area (Å²) in [4.78, 5) is 7.71. The number of anilines is 1. The molecule has 1 aromatic carbocycles. The number of rotatable bonds is 5. The van der Waals surface area contributed by atoms with E-state index in [9.17, 15) is 0 Å². The summed E-state index contributed by atoms with van der Waals surface area (Å²) in [6.45, 7) is 2.11. The van der Waals surface area contributed by atoms with Crippen LogP contribution in [-0.4, -0.2) is 9.97 Å². The zero-order valence-electron chi connectivity index (χ0n) is 9.90. The first kappa shape index (κ1) is 12.0. The van der Waals surface area contributed by atoms with Crippen molar-refractivity contribution in [3.63, 3.8) is 0 Å². The average molecular weight is 247 g/mol. The lowest BCUT2D eigenvalue weighted by atomic mass is 10.1. The van der Waals surface area contributed by atoms with Crippen LogP contribution in [0.25, 0.3) is 0 Å². The first-order valence-electron chi connectivity index (χ1n) is 5.84. The number of nitrogens with one attached hydrogen (secondary N) is 2. The molecule has 90 valence electrons. The summed E-state index contributed by atoms with van der Waals surface area (Å²) >= 11 is 4.00. The molecule has 0 radical (unpaired) electrons. The van der Waals surface area contributed by atoms with E-state index >= 15 is 0 Å². The molecule has 2 N–H and O–H groups in total. The molecule has 0 unspecified atom stereocenters. The predicted molar refractivity (Wildman–Crippen MR) is 74.4 cm³/mol. The van der Waals surface area contributed by atoms with Crippen molar-refractivity contribution in [2.75, 3.05) is 4.72 Å². The number of aromatic nitrogens is 2. The van der Waals surface area contributed by atoms with Gasteiger partial charge in [-0.15, -0.1) is 0 Å². The van der Waals surface area contributed by atoms with Crippen LogP contribution in [0.2, 0.25) is 0 Å². The normalized spacial score (nSPS) is 10.5. The van der Waals surface area contributed by atoms with Gasteiger partial charge in [-0.1, -0.05) is 31.9 Å². The summed E-state index contributed by atoms with van der Waals surface area (Å²) < 4.78 is 2.81. The van der Waals surface area contributed by atoms with E-state index in [1.807, 2.05) is 18.3 Å². The summed E-state index contributed by atoms with van der Waals surface area (Å²) in [5.41, 5.74) is 3.46. The second-order valence-corrected chi connectivity index (χ2v) is 4.22. The number of aryl methyl sites for hydroxylation is 3. The summed E-state index contributed by atoms with van der Waals surface area (Å²) in [6.07, 6.45) is 4.93. The van der Waals surface area contributed by atoms with Crippen molar-refractivity contribution in [2.45, 2.75) is 26.2 Å². The second-order valence-electron chi connectivity index (χ2n) is 4.00. The lowest BCUT2D eigenvalue weighted by molar-refractivity contribution is 0.875. The van der Waals surface area contributed by atoms with Gasteiger partial charge in [0.15, 0.2) is 0 Å². The van der Waals surface area contributed by atoms with Crippen molar-refractivity contribution in [2.24, 2.45) is 0 Å². The molecule has 0 aliphatic rings. The van der Waals surface area contributed by atoms with Gasteiger partial charge in [0.1, 0.15) is 5.82 Å². The van der Waals surface area contributed by atoms with Crippen LogP contribution in [0.15, 0.2) is 30.5 Å². The van der Waals surface area contributed by atoms with E-state index < -0.39 is 0 Å². The summed E-state index contributed by atoms with van der Waals surface area (Å²) in [6, 6.07) is 8.29. The van der Waals surface area contributed by atoms with E-state index in [1.54, 1.807) is 0 Å². The lowest BCUT2D eigenvalue weighted by Gasteiger charge is -2.02. The van der Waals surface area contributed by atoms with Gasteiger partial charge in [0.25, 0.3) is 0 Å². The Morgan fingerprint density at radius 1 is 1.24 bits per heavy atom. The molecular formula is C13H17N3S. The smallest absolute Gasteiger partial charge is 0.106 e. The van der Waals surface area contributed by atoms with Crippen LogP contribution in [-0.2, 0) is 19.3 Å². The molecule has 3 nitrogen and oxygen atoms in total. The minimum Gasteiger partial charge on any atom is -0.348 e. The molecule has 0 amide bonds. The van der Waals surface area contributed by atoms with Crippen LogP contribution < -0.4 is 4.72 Å². The Bertz CT molecular complexity index is 462. The molecule has 1 heterocycles. The van der Waals surface area contributed by atoms with E-state index in [-0.39, 0.29) is 0 Å². The highest BCUT2D eigenvalue weighted by Gasteiger charge is 2.00. The SMILES string of the molecule is CCc1c[nH]c(CCc2ccc(NS)cc2)n1. The van der Waals surface area contributed by atoms with Crippen LogP contribution in [0.4, 0.5) is 5.69 Å². The number of hydrogen-bond donors (Lipinski definition) is 3. The molecule has 0 spiro atoms. The number of aromatic amines is 1. The van der Waals surface area contributed by atoms with Crippen molar-refractivity contribution in [1.82, 2.24) is 9.97 Å². The predicted octanol–water partition coefficient (Wildman–Crippen LogP) is 3.01. The van der Waals surface area contributed by atoms with Gasteiger partial charge in [-0.2, -0.15) is 0 Å².